The summed E-state index contributed by atoms with van der Waals surface area (Å²) in [6, 6.07) is 3.80. The highest BCUT2D eigenvalue weighted by atomic mass is 19.1. The lowest BCUT2D eigenvalue weighted by Gasteiger charge is -2.42. The summed E-state index contributed by atoms with van der Waals surface area (Å²) in [7, 11) is 0. The summed E-state index contributed by atoms with van der Waals surface area (Å²) in [6.45, 7) is 2.92. The Bertz CT molecular complexity index is 1310. The van der Waals surface area contributed by atoms with E-state index in [0.29, 0.717) is 36.8 Å². The molecule has 5 rings (SSSR count). The van der Waals surface area contributed by atoms with Crippen molar-refractivity contribution in [3.8, 4) is 11.4 Å². The summed E-state index contributed by atoms with van der Waals surface area (Å²) in [5, 5.41) is 20.3. The number of hydrogen-bond acceptors (Lipinski definition) is 7. The molecule has 0 fully saturated rings. The highest BCUT2D eigenvalue weighted by Crippen LogP contribution is 2.34. The van der Waals surface area contributed by atoms with Gasteiger partial charge >= 0.3 is 0 Å². The van der Waals surface area contributed by atoms with E-state index >= 15 is 0 Å². The van der Waals surface area contributed by atoms with Gasteiger partial charge in [-0.3, -0.25) is 9.88 Å². The van der Waals surface area contributed by atoms with Crippen LogP contribution in [0.1, 0.15) is 18.3 Å². The van der Waals surface area contributed by atoms with Gasteiger partial charge in [0.15, 0.2) is 5.82 Å². The van der Waals surface area contributed by atoms with Crippen molar-refractivity contribution >= 4 is 0 Å². The van der Waals surface area contributed by atoms with Crippen LogP contribution in [0.3, 0.4) is 0 Å². The molecule has 0 saturated carbocycles. The molecular formula is C22H21F3N8O. The fraction of sp³-hybridized carbons (Fsp3) is 0.318. The Morgan fingerprint density at radius 2 is 1.94 bits per heavy atom. The standard InChI is InChI=1S/C22H21F3N8O/c1-14(22(34,11-32-13-27-12-28-32)18-3-2-16(23)7-19(18)25)31-4-5-33-20(10-31)29-21(30-33)15-6-17(24)9-26-8-15/h2-3,6-9,12-14,34H,4-5,10-11H2,1H3/t14-,22-/m1/s1. The highest BCUT2D eigenvalue weighted by Gasteiger charge is 2.43. The van der Waals surface area contributed by atoms with Crippen molar-refractivity contribution in [1.29, 1.82) is 0 Å². The number of pyridine rings is 1. The minimum absolute atomic E-state index is 0.0459. The van der Waals surface area contributed by atoms with Gasteiger partial charge in [-0.05, 0) is 19.1 Å². The van der Waals surface area contributed by atoms with E-state index in [-0.39, 0.29) is 12.1 Å². The number of halogens is 3. The summed E-state index contributed by atoms with van der Waals surface area (Å²) in [4.78, 5) is 14.2. The fourth-order valence-corrected chi connectivity index (χ4v) is 4.29. The summed E-state index contributed by atoms with van der Waals surface area (Å²) in [5.74, 6) is -1.11. The first-order valence-electron chi connectivity index (χ1n) is 10.6. The molecule has 0 spiro atoms. The van der Waals surface area contributed by atoms with Crippen molar-refractivity contribution in [2.24, 2.45) is 0 Å². The van der Waals surface area contributed by atoms with Crippen LogP contribution in [0.4, 0.5) is 13.2 Å². The molecule has 3 aromatic heterocycles. The van der Waals surface area contributed by atoms with Crippen LogP contribution < -0.4 is 0 Å². The first-order chi connectivity index (χ1) is 16.3. The third-order valence-electron chi connectivity index (χ3n) is 6.16. The molecular weight excluding hydrogens is 449 g/mol. The molecule has 0 amide bonds. The number of aromatic nitrogens is 7. The van der Waals surface area contributed by atoms with Crippen molar-refractivity contribution in [1.82, 2.24) is 39.4 Å². The third kappa shape index (κ3) is 4.05. The van der Waals surface area contributed by atoms with Crippen LogP contribution in [0.25, 0.3) is 11.4 Å². The summed E-state index contributed by atoms with van der Waals surface area (Å²) < 4.78 is 45.1. The third-order valence-corrected chi connectivity index (χ3v) is 6.16. The van der Waals surface area contributed by atoms with E-state index in [1.165, 1.54) is 35.7 Å². The van der Waals surface area contributed by atoms with Gasteiger partial charge in [0.1, 0.15) is 41.5 Å². The van der Waals surface area contributed by atoms with Crippen molar-refractivity contribution in [3.63, 3.8) is 0 Å². The molecule has 12 heteroatoms. The first kappa shape index (κ1) is 22.2. The number of fused-ring (bicyclic) bond motifs is 1. The minimum Gasteiger partial charge on any atom is -0.381 e. The summed E-state index contributed by atoms with van der Waals surface area (Å²) in [5.41, 5.74) is -1.35. The van der Waals surface area contributed by atoms with Gasteiger partial charge in [0.2, 0.25) is 0 Å². The number of hydrogen-bond donors (Lipinski definition) is 1. The van der Waals surface area contributed by atoms with E-state index in [1.54, 1.807) is 11.6 Å². The molecule has 176 valence electrons. The quantitative estimate of drug-likeness (QED) is 0.461. The second kappa shape index (κ2) is 8.61. The molecule has 1 N–H and O–H groups in total. The van der Waals surface area contributed by atoms with Crippen LogP contribution >= 0.6 is 0 Å². The highest BCUT2D eigenvalue weighted by molar-refractivity contribution is 5.52. The summed E-state index contributed by atoms with van der Waals surface area (Å²) >= 11 is 0. The maximum absolute atomic E-state index is 14.8. The van der Waals surface area contributed by atoms with Crippen LogP contribution in [-0.4, -0.2) is 57.1 Å². The first-order valence-corrected chi connectivity index (χ1v) is 10.6. The van der Waals surface area contributed by atoms with Crippen molar-refractivity contribution < 1.29 is 18.3 Å². The molecule has 1 aliphatic heterocycles. The number of aliphatic hydroxyl groups is 1. The van der Waals surface area contributed by atoms with Gasteiger partial charge in [0.05, 0.1) is 25.8 Å². The largest absolute Gasteiger partial charge is 0.381 e. The van der Waals surface area contributed by atoms with Crippen LogP contribution in [0, 0.1) is 17.5 Å². The normalized spacial score (nSPS) is 16.7. The Morgan fingerprint density at radius 1 is 1.09 bits per heavy atom. The molecule has 1 aromatic carbocycles. The second-order valence-electron chi connectivity index (χ2n) is 8.25. The zero-order valence-electron chi connectivity index (χ0n) is 18.2. The predicted molar refractivity (Wildman–Crippen MR) is 113 cm³/mol. The molecule has 0 saturated heterocycles. The van der Waals surface area contributed by atoms with Gasteiger partial charge in [-0.1, -0.05) is 6.07 Å². The molecule has 2 atom stereocenters. The van der Waals surface area contributed by atoms with Gasteiger partial charge in [0.25, 0.3) is 0 Å². The Hall–Kier alpha value is -3.64. The maximum atomic E-state index is 14.8. The predicted octanol–water partition coefficient (Wildman–Crippen LogP) is 2.14. The molecule has 9 nitrogen and oxygen atoms in total. The van der Waals surface area contributed by atoms with Crippen molar-refractivity contribution in [2.45, 2.75) is 38.2 Å². The van der Waals surface area contributed by atoms with Crippen LogP contribution in [0.15, 0.2) is 49.3 Å². The van der Waals surface area contributed by atoms with E-state index in [1.807, 2.05) is 4.90 Å². The average molecular weight is 470 g/mol. The SMILES string of the molecule is C[C@@H](N1CCn2nc(-c3cncc(F)c3)nc2C1)[C@](O)(Cn1cncn1)c1ccc(F)cc1F. The number of benzene rings is 1. The Kier molecular flexibility index (Phi) is 5.62. The molecule has 4 aromatic rings. The topological polar surface area (TPSA) is 97.8 Å². The van der Waals surface area contributed by atoms with Gasteiger partial charge in [-0.15, -0.1) is 0 Å². The average Bonchev–Trinajstić information content (AvgIpc) is 3.47. The molecule has 34 heavy (non-hydrogen) atoms. The van der Waals surface area contributed by atoms with Crippen LogP contribution in [0.5, 0.6) is 0 Å². The van der Waals surface area contributed by atoms with Gasteiger partial charge < -0.3 is 5.11 Å². The minimum atomic E-state index is -1.76. The van der Waals surface area contributed by atoms with Crippen molar-refractivity contribution in [3.05, 3.63) is 78.2 Å². The molecule has 0 aliphatic carbocycles. The molecule has 4 heterocycles. The lowest BCUT2D eigenvalue weighted by atomic mass is 9.85. The zero-order chi connectivity index (χ0) is 23.9. The lowest BCUT2D eigenvalue weighted by Crippen LogP contribution is -2.53. The molecule has 0 bridgehead atoms. The second-order valence-corrected chi connectivity index (χ2v) is 8.25. The van der Waals surface area contributed by atoms with Gasteiger partial charge in [-0.25, -0.2) is 32.5 Å². The number of nitrogens with zero attached hydrogens (tertiary/aromatic N) is 8. The van der Waals surface area contributed by atoms with Crippen molar-refractivity contribution in [2.75, 3.05) is 6.54 Å². The number of rotatable bonds is 6. The lowest BCUT2D eigenvalue weighted by molar-refractivity contribution is -0.0714. The Morgan fingerprint density at radius 3 is 2.68 bits per heavy atom. The summed E-state index contributed by atoms with van der Waals surface area (Å²) in [6.07, 6.45) is 5.33. The van der Waals surface area contributed by atoms with E-state index in [4.69, 9.17) is 0 Å². The Labute approximate surface area is 192 Å². The smallest absolute Gasteiger partial charge is 0.183 e. The van der Waals surface area contributed by atoms with Gasteiger partial charge in [-0.2, -0.15) is 10.2 Å². The molecule has 0 radical (unpaired) electrons. The zero-order valence-corrected chi connectivity index (χ0v) is 18.2. The van der Waals surface area contributed by atoms with E-state index in [2.05, 4.69) is 25.1 Å². The van der Waals surface area contributed by atoms with Crippen LogP contribution in [-0.2, 0) is 25.2 Å². The Balaban J connectivity index is 1.46. The molecule has 0 unspecified atom stereocenters. The van der Waals surface area contributed by atoms with E-state index in [0.717, 1.165) is 18.3 Å². The van der Waals surface area contributed by atoms with E-state index in [9.17, 15) is 18.3 Å². The molecule has 1 aliphatic rings. The maximum Gasteiger partial charge on any atom is 0.183 e. The van der Waals surface area contributed by atoms with Crippen LogP contribution in [0.2, 0.25) is 0 Å². The monoisotopic (exact) mass is 470 g/mol. The van der Waals surface area contributed by atoms with E-state index < -0.39 is 29.1 Å². The fourth-order valence-electron chi connectivity index (χ4n) is 4.29. The van der Waals surface area contributed by atoms with Gasteiger partial charge in [0, 0.05) is 36.0 Å².